The second-order valence-corrected chi connectivity index (χ2v) is 5.28. The first-order valence-corrected chi connectivity index (χ1v) is 6.92. The molecule has 20 heavy (non-hydrogen) atoms. The molecule has 1 aliphatic heterocycles. The third-order valence-corrected chi connectivity index (χ3v) is 3.49. The Bertz CT molecular complexity index is 494. The monoisotopic (exact) mass is 275 g/mol. The van der Waals surface area contributed by atoms with Gasteiger partial charge in [0.1, 0.15) is 0 Å². The summed E-state index contributed by atoms with van der Waals surface area (Å²) in [5, 5.41) is 6.11. The fraction of sp³-hybridized carbons (Fsp3) is 0.467. The Balaban J connectivity index is 2.12. The quantitative estimate of drug-likeness (QED) is 0.875. The number of carbonyl (C=O) groups excluding carboxylic acids is 2. The maximum absolute atomic E-state index is 12.2. The van der Waals surface area contributed by atoms with Gasteiger partial charge in [0.25, 0.3) is 5.91 Å². The first-order chi connectivity index (χ1) is 9.59. The molecule has 1 fully saturated rings. The lowest BCUT2D eigenvalue weighted by molar-refractivity contribution is -0.120. The minimum Gasteiger partial charge on any atom is -0.345 e. The van der Waals surface area contributed by atoms with Crippen LogP contribution in [0.1, 0.15) is 23.2 Å². The molecular formula is C15H21N3O2. The summed E-state index contributed by atoms with van der Waals surface area (Å²) >= 11 is 0. The van der Waals surface area contributed by atoms with E-state index in [1.165, 1.54) is 4.90 Å². The Hall–Kier alpha value is -1.88. The molecule has 1 saturated heterocycles. The summed E-state index contributed by atoms with van der Waals surface area (Å²) in [5.74, 6) is -0.148. The van der Waals surface area contributed by atoms with Crippen LogP contribution in [0.2, 0.25) is 0 Å². The van der Waals surface area contributed by atoms with Crippen LogP contribution in [0.25, 0.3) is 0 Å². The number of hydrogen-bond donors (Lipinski definition) is 2. The van der Waals surface area contributed by atoms with E-state index in [-0.39, 0.29) is 17.7 Å². The molecule has 0 bridgehead atoms. The molecule has 1 aromatic rings. The number of piperidine rings is 1. The summed E-state index contributed by atoms with van der Waals surface area (Å²) in [6, 6.07) is 7.12. The van der Waals surface area contributed by atoms with Gasteiger partial charge >= 0.3 is 0 Å². The predicted molar refractivity (Wildman–Crippen MR) is 78.7 cm³/mol. The SMILES string of the molecule is CN(C)C(=O)c1ccccc1NC(=O)[C@H]1CCCNC1. The van der Waals surface area contributed by atoms with Crippen molar-refractivity contribution in [2.24, 2.45) is 5.92 Å². The van der Waals surface area contributed by atoms with Gasteiger partial charge in [-0.3, -0.25) is 9.59 Å². The van der Waals surface area contributed by atoms with Crippen LogP contribution in [0.15, 0.2) is 24.3 Å². The largest absolute Gasteiger partial charge is 0.345 e. The molecule has 0 saturated carbocycles. The summed E-state index contributed by atoms with van der Waals surface area (Å²) in [7, 11) is 3.40. The number of rotatable bonds is 3. The van der Waals surface area contributed by atoms with Crippen LogP contribution in [0, 0.1) is 5.92 Å². The average Bonchev–Trinajstić information content (AvgIpc) is 2.48. The second-order valence-electron chi connectivity index (χ2n) is 5.28. The first kappa shape index (κ1) is 14.5. The molecule has 108 valence electrons. The van der Waals surface area contributed by atoms with Gasteiger partial charge in [-0.25, -0.2) is 0 Å². The maximum Gasteiger partial charge on any atom is 0.255 e. The minimum absolute atomic E-state index is 0.0174. The van der Waals surface area contributed by atoms with E-state index in [9.17, 15) is 9.59 Å². The average molecular weight is 275 g/mol. The van der Waals surface area contributed by atoms with E-state index < -0.39 is 0 Å². The zero-order chi connectivity index (χ0) is 14.5. The van der Waals surface area contributed by atoms with Crippen LogP contribution in [-0.2, 0) is 4.79 Å². The summed E-state index contributed by atoms with van der Waals surface area (Å²) in [6.07, 6.45) is 1.90. The molecular weight excluding hydrogens is 254 g/mol. The highest BCUT2D eigenvalue weighted by Gasteiger charge is 2.22. The molecule has 1 heterocycles. The lowest BCUT2D eigenvalue weighted by Crippen LogP contribution is -2.37. The molecule has 1 aliphatic rings. The number of nitrogens with one attached hydrogen (secondary N) is 2. The van der Waals surface area contributed by atoms with Crippen molar-refractivity contribution in [1.82, 2.24) is 10.2 Å². The number of anilines is 1. The summed E-state index contributed by atoms with van der Waals surface area (Å²) in [6.45, 7) is 1.68. The maximum atomic E-state index is 12.2. The van der Waals surface area contributed by atoms with Gasteiger partial charge < -0.3 is 15.5 Å². The van der Waals surface area contributed by atoms with E-state index in [1.807, 2.05) is 6.07 Å². The van der Waals surface area contributed by atoms with E-state index >= 15 is 0 Å². The van der Waals surface area contributed by atoms with Crippen LogP contribution in [0.3, 0.4) is 0 Å². The van der Waals surface area contributed by atoms with E-state index in [1.54, 1.807) is 32.3 Å². The number of benzene rings is 1. The summed E-state index contributed by atoms with van der Waals surface area (Å²) in [4.78, 5) is 25.8. The predicted octanol–water partition coefficient (Wildman–Crippen LogP) is 1.33. The summed E-state index contributed by atoms with van der Waals surface area (Å²) in [5.41, 5.74) is 1.11. The van der Waals surface area contributed by atoms with Crippen LogP contribution in [0.4, 0.5) is 5.69 Å². The van der Waals surface area contributed by atoms with Gasteiger partial charge in [0.15, 0.2) is 0 Å². The first-order valence-electron chi connectivity index (χ1n) is 6.92. The topological polar surface area (TPSA) is 61.4 Å². The number of nitrogens with zero attached hydrogens (tertiary/aromatic N) is 1. The molecule has 1 atom stereocenters. The number of amides is 2. The normalized spacial score (nSPS) is 18.4. The van der Waals surface area contributed by atoms with E-state index in [2.05, 4.69) is 10.6 Å². The molecule has 5 heteroatoms. The lowest BCUT2D eigenvalue weighted by Gasteiger charge is -2.22. The van der Waals surface area contributed by atoms with Gasteiger partial charge in [-0.2, -0.15) is 0 Å². The van der Waals surface area contributed by atoms with Crippen molar-refractivity contribution < 1.29 is 9.59 Å². The molecule has 1 aromatic carbocycles. The molecule has 0 aliphatic carbocycles. The van der Waals surface area contributed by atoms with Crippen LogP contribution in [0.5, 0.6) is 0 Å². The van der Waals surface area contributed by atoms with Crippen molar-refractivity contribution in [2.75, 3.05) is 32.5 Å². The zero-order valence-electron chi connectivity index (χ0n) is 12.0. The Morgan fingerprint density at radius 3 is 2.70 bits per heavy atom. The number of hydrogen-bond acceptors (Lipinski definition) is 3. The van der Waals surface area contributed by atoms with Crippen molar-refractivity contribution in [3.63, 3.8) is 0 Å². The van der Waals surface area contributed by atoms with Crippen LogP contribution in [-0.4, -0.2) is 43.9 Å². The molecule has 0 spiro atoms. The van der Waals surface area contributed by atoms with E-state index in [0.717, 1.165) is 19.4 Å². The minimum atomic E-state index is -0.109. The standard InChI is InChI=1S/C15H21N3O2/c1-18(2)15(20)12-7-3-4-8-13(12)17-14(19)11-6-5-9-16-10-11/h3-4,7-8,11,16H,5-6,9-10H2,1-2H3,(H,17,19)/t11-/m0/s1. The van der Waals surface area contributed by atoms with E-state index in [4.69, 9.17) is 0 Å². The highest BCUT2D eigenvalue weighted by atomic mass is 16.2. The third kappa shape index (κ3) is 3.36. The fourth-order valence-corrected chi connectivity index (χ4v) is 2.33. The lowest BCUT2D eigenvalue weighted by atomic mass is 9.98. The third-order valence-electron chi connectivity index (χ3n) is 3.49. The van der Waals surface area contributed by atoms with Gasteiger partial charge in [-0.15, -0.1) is 0 Å². The molecule has 2 rings (SSSR count). The number of carbonyl (C=O) groups is 2. The Kier molecular flexibility index (Phi) is 4.74. The van der Waals surface area contributed by atoms with Gasteiger partial charge in [-0.1, -0.05) is 12.1 Å². The van der Waals surface area contributed by atoms with Gasteiger partial charge in [0.05, 0.1) is 17.2 Å². The zero-order valence-corrected chi connectivity index (χ0v) is 12.0. The molecule has 0 unspecified atom stereocenters. The number of para-hydroxylation sites is 1. The second kappa shape index (κ2) is 6.52. The van der Waals surface area contributed by atoms with Crippen molar-refractivity contribution in [2.45, 2.75) is 12.8 Å². The van der Waals surface area contributed by atoms with Crippen molar-refractivity contribution in [3.05, 3.63) is 29.8 Å². The van der Waals surface area contributed by atoms with Crippen molar-refractivity contribution in [3.8, 4) is 0 Å². The van der Waals surface area contributed by atoms with Gasteiger partial charge in [-0.05, 0) is 31.5 Å². The molecule has 2 N–H and O–H groups in total. The highest BCUT2D eigenvalue weighted by molar-refractivity contribution is 6.04. The van der Waals surface area contributed by atoms with E-state index in [0.29, 0.717) is 17.8 Å². The molecule has 2 amide bonds. The fourth-order valence-electron chi connectivity index (χ4n) is 2.33. The van der Waals surface area contributed by atoms with Crippen molar-refractivity contribution in [1.29, 1.82) is 0 Å². The Labute approximate surface area is 119 Å². The molecule has 0 aromatic heterocycles. The van der Waals surface area contributed by atoms with Gasteiger partial charge in [0, 0.05) is 20.6 Å². The smallest absolute Gasteiger partial charge is 0.255 e. The molecule has 5 nitrogen and oxygen atoms in total. The highest BCUT2D eigenvalue weighted by Crippen LogP contribution is 2.19. The Morgan fingerprint density at radius 1 is 1.30 bits per heavy atom. The van der Waals surface area contributed by atoms with Crippen LogP contribution >= 0.6 is 0 Å². The van der Waals surface area contributed by atoms with Crippen molar-refractivity contribution >= 4 is 17.5 Å². The van der Waals surface area contributed by atoms with Crippen LogP contribution < -0.4 is 10.6 Å². The molecule has 0 radical (unpaired) electrons. The Morgan fingerprint density at radius 2 is 2.05 bits per heavy atom. The van der Waals surface area contributed by atoms with Gasteiger partial charge in [0.2, 0.25) is 5.91 Å². The summed E-state index contributed by atoms with van der Waals surface area (Å²) < 4.78 is 0.